The van der Waals surface area contributed by atoms with E-state index in [0.717, 1.165) is 0 Å². The Kier molecular flexibility index (Phi) is 8.31. The summed E-state index contributed by atoms with van der Waals surface area (Å²) in [6.45, 7) is 9.59. The minimum absolute atomic E-state index is 0. The lowest BCUT2D eigenvalue weighted by molar-refractivity contribution is 0.00528. The molecule has 0 aliphatic carbocycles. The first-order valence-electron chi connectivity index (χ1n) is 8.37. The van der Waals surface area contributed by atoms with Gasteiger partial charge in [0.25, 0.3) is 0 Å². The van der Waals surface area contributed by atoms with Gasteiger partial charge in [-0.15, -0.1) is 24.0 Å². The molecule has 26 heavy (non-hydrogen) atoms. The van der Waals surface area contributed by atoms with E-state index in [1.807, 2.05) is 32.6 Å². The van der Waals surface area contributed by atoms with Crippen LogP contribution < -0.4 is 10.5 Å². The summed E-state index contributed by atoms with van der Waals surface area (Å²) in [6.07, 6.45) is 0.103. The zero-order valence-electron chi connectivity index (χ0n) is 15.7. The highest BCUT2D eigenvalue weighted by molar-refractivity contribution is 14.0. The molecule has 0 radical (unpaired) electrons. The van der Waals surface area contributed by atoms with Gasteiger partial charge in [0.05, 0.1) is 24.2 Å². The van der Waals surface area contributed by atoms with Crippen LogP contribution in [0.2, 0.25) is 0 Å². The number of nitrogens with two attached hydrogens (primary N) is 1. The largest absolute Gasteiger partial charge is 0.375 e. The number of halogens is 1. The minimum atomic E-state index is -3.62. The minimum Gasteiger partial charge on any atom is -0.375 e. The predicted molar refractivity (Wildman–Crippen MR) is 114 cm³/mol. The molecular formula is C17H29IN4O3S. The normalized spacial score (nSPS) is 19.2. The third kappa shape index (κ3) is 6.67. The van der Waals surface area contributed by atoms with E-state index in [1.165, 1.54) is 0 Å². The van der Waals surface area contributed by atoms with Crippen LogP contribution in [0.5, 0.6) is 0 Å². The van der Waals surface area contributed by atoms with Crippen LogP contribution in [0.1, 0.15) is 33.3 Å². The highest BCUT2D eigenvalue weighted by atomic mass is 127. The number of hydrogen-bond acceptors (Lipinski definition) is 4. The fraction of sp³-hybridized carbons (Fsp3) is 0.588. The molecule has 148 valence electrons. The number of hydrogen-bond donors (Lipinski definition) is 2. The summed E-state index contributed by atoms with van der Waals surface area (Å²) in [5.74, 6) is 0.408. The highest BCUT2D eigenvalue weighted by Crippen LogP contribution is 2.18. The quantitative estimate of drug-likeness (QED) is 0.377. The first kappa shape index (κ1) is 23.1. The van der Waals surface area contributed by atoms with Crippen LogP contribution >= 0.6 is 24.0 Å². The van der Waals surface area contributed by atoms with Gasteiger partial charge in [-0.2, -0.15) is 0 Å². The van der Waals surface area contributed by atoms with E-state index in [9.17, 15) is 8.42 Å². The average molecular weight is 496 g/mol. The standard InChI is InChI=1S/C17H28N4O3S.HI/c1-13-12-21(9-10-24-13)16(18)19-11-14-7-5-6-8-15(14)25(22,23)20-17(2,3)4;/h5-8,13,20H,9-12H2,1-4H3,(H2,18,19);1H. The summed E-state index contributed by atoms with van der Waals surface area (Å²) in [5, 5.41) is 0. The summed E-state index contributed by atoms with van der Waals surface area (Å²) in [6, 6.07) is 6.85. The summed E-state index contributed by atoms with van der Waals surface area (Å²) in [7, 11) is -3.62. The van der Waals surface area contributed by atoms with Crippen molar-refractivity contribution < 1.29 is 13.2 Å². The number of nitrogens with zero attached hydrogens (tertiary/aromatic N) is 2. The highest BCUT2D eigenvalue weighted by Gasteiger charge is 2.24. The first-order chi connectivity index (χ1) is 11.6. The first-order valence-corrected chi connectivity index (χ1v) is 9.85. The van der Waals surface area contributed by atoms with Gasteiger partial charge in [0.2, 0.25) is 10.0 Å². The number of rotatable bonds is 4. The van der Waals surface area contributed by atoms with Crippen molar-refractivity contribution in [2.75, 3.05) is 19.7 Å². The molecule has 0 bridgehead atoms. The topological polar surface area (TPSA) is 97.0 Å². The van der Waals surface area contributed by atoms with Crippen molar-refractivity contribution in [2.45, 2.75) is 50.8 Å². The van der Waals surface area contributed by atoms with E-state index in [1.54, 1.807) is 24.3 Å². The zero-order chi connectivity index (χ0) is 18.7. The second-order valence-electron chi connectivity index (χ2n) is 7.27. The third-order valence-corrected chi connectivity index (χ3v) is 5.54. The maximum Gasteiger partial charge on any atom is 0.241 e. The molecule has 3 N–H and O–H groups in total. The Morgan fingerprint density at radius 1 is 1.38 bits per heavy atom. The molecule has 2 rings (SSSR count). The van der Waals surface area contributed by atoms with Crippen LogP contribution in [0, 0.1) is 0 Å². The van der Waals surface area contributed by atoms with Gasteiger partial charge in [-0.3, -0.25) is 0 Å². The van der Waals surface area contributed by atoms with Gasteiger partial charge in [-0.05, 0) is 39.3 Å². The SMILES string of the molecule is CC1CN(C(N)=NCc2ccccc2S(=O)(=O)NC(C)(C)C)CCO1.I. The molecule has 7 nitrogen and oxygen atoms in total. The summed E-state index contributed by atoms with van der Waals surface area (Å²) in [5.41, 5.74) is 6.13. The van der Waals surface area contributed by atoms with Crippen molar-refractivity contribution >= 4 is 40.0 Å². The van der Waals surface area contributed by atoms with Crippen molar-refractivity contribution in [1.29, 1.82) is 0 Å². The maximum atomic E-state index is 12.6. The molecule has 1 aliphatic heterocycles. The van der Waals surface area contributed by atoms with Gasteiger partial charge in [0.15, 0.2) is 5.96 Å². The van der Waals surface area contributed by atoms with Crippen LogP contribution in [0.15, 0.2) is 34.2 Å². The van der Waals surface area contributed by atoms with Crippen LogP contribution in [-0.4, -0.2) is 50.6 Å². The molecule has 0 amide bonds. The number of sulfonamides is 1. The van der Waals surface area contributed by atoms with Crippen molar-refractivity contribution in [3.05, 3.63) is 29.8 Å². The van der Waals surface area contributed by atoms with Gasteiger partial charge in [-0.1, -0.05) is 18.2 Å². The van der Waals surface area contributed by atoms with Gasteiger partial charge in [0, 0.05) is 18.6 Å². The van der Waals surface area contributed by atoms with Gasteiger partial charge in [0.1, 0.15) is 0 Å². The molecule has 1 saturated heterocycles. The van der Waals surface area contributed by atoms with Crippen LogP contribution in [0.3, 0.4) is 0 Å². The molecule has 1 aliphatic rings. The van der Waals surface area contributed by atoms with E-state index < -0.39 is 15.6 Å². The Bertz CT molecular complexity index is 732. The second kappa shape index (κ2) is 9.34. The fourth-order valence-electron chi connectivity index (χ4n) is 2.65. The van der Waals surface area contributed by atoms with Crippen molar-refractivity contribution in [2.24, 2.45) is 10.7 Å². The summed E-state index contributed by atoms with van der Waals surface area (Å²) >= 11 is 0. The number of morpholine rings is 1. The Balaban J connectivity index is 0.00000338. The molecule has 0 aromatic heterocycles. The fourth-order valence-corrected chi connectivity index (χ4v) is 4.30. The lowest BCUT2D eigenvalue weighted by Crippen LogP contribution is -2.47. The molecule has 1 heterocycles. The number of aliphatic imine (C=N–C) groups is 1. The molecule has 9 heteroatoms. The van der Waals surface area contributed by atoms with Gasteiger partial charge in [-0.25, -0.2) is 18.1 Å². The van der Waals surface area contributed by atoms with E-state index in [4.69, 9.17) is 10.5 Å². The summed E-state index contributed by atoms with van der Waals surface area (Å²) in [4.78, 5) is 6.59. The zero-order valence-corrected chi connectivity index (χ0v) is 18.9. The average Bonchev–Trinajstić information content (AvgIpc) is 2.50. The van der Waals surface area contributed by atoms with E-state index >= 15 is 0 Å². The Hall–Kier alpha value is -0.910. The van der Waals surface area contributed by atoms with E-state index in [2.05, 4.69) is 9.71 Å². The Morgan fingerprint density at radius 3 is 2.65 bits per heavy atom. The summed E-state index contributed by atoms with van der Waals surface area (Å²) < 4.78 is 33.4. The Labute approximate surface area is 173 Å². The number of guanidine groups is 1. The molecular weight excluding hydrogens is 467 g/mol. The number of benzene rings is 1. The van der Waals surface area contributed by atoms with E-state index in [-0.39, 0.29) is 41.5 Å². The molecule has 1 unspecified atom stereocenters. The van der Waals surface area contributed by atoms with Crippen molar-refractivity contribution in [1.82, 2.24) is 9.62 Å². The number of ether oxygens (including phenoxy) is 1. The predicted octanol–water partition coefficient (Wildman–Crippen LogP) is 1.92. The monoisotopic (exact) mass is 496 g/mol. The van der Waals surface area contributed by atoms with Gasteiger partial charge < -0.3 is 15.4 Å². The lowest BCUT2D eigenvalue weighted by Gasteiger charge is -2.31. The third-order valence-electron chi connectivity index (χ3n) is 3.68. The smallest absolute Gasteiger partial charge is 0.241 e. The molecule has 1 aromatic rings. The molecule has 1 fully saturated rings. The van der Waals surface area contributed by atoms with Gasteiger partial charge >= 0.3 is 0 Å². The molecule has 0 saturated carbocycles. The Morgan fingerprint density at radius 2 is 2.04 bits per heavy atom. The molecule has 1 atom stereocenters. The van der Waals surface area contributed by atoms with Crippen LogP contribution in [-0.2, 0) is 21.3 Å². The lowest BCUT2D eigenvalue weighted by atomic mass is 10.1. The molecule has 0 spiro atoms. The number of nitrogens with one attached hydrogen (secondary N) is 1. The van der Waals surface area contributed by atoms with Crippen molar-refractivity contribution in [3.63, 3.8) is 0 Å². The van der Waals surface area contributed by atoms with Crippen LogP contribution in [0.4, 0.5) is 0 Å². The second-order valence-corrected chi connectivity index (χ2v) is 8.92. The maximum absolute atomic E-state index is 12.6. The van der Waals surface area contributed by atoms with Crippen LogP contribution in [0.25, 0.3) is 0 Å². The van der Waals surface area contributed by atoms with Crippen molar-refractivity contribution in [3.8, 4) is 0 Å². The molecule has 1 aromatic carbocycles. The van der Waals surface area contributed by atoms with E-state index in [0.29, 0.717) is 31.2 Å².